The fourth-order valence-electron chi connectivity index (χ4n) is 2.18. The molecular formula is C14H13N7. The van der Waals surface area contributed by atoms with Crippen LogP contribution < -0.4 is 5.73 Å². The molecule has 104 valence electrons. The van der Waals surface area contributed by atoms with Crippen molar-refractivity contribution in [1.82, 2.24) is 19.7 Å². The van der Waals surface area contributed by atoms with Crippen LogP contribution >= 0.6 is 0 Å². The van der Waals surface area contributed by atoms with Gasteiger partial charge in [-0.25, -0.2) is 14.8 Å². The van der Waals surface area contributed by atoms with Crippen molar-refractivity contribution in [2.45, 2.75) is 31.7 Å². The van der Waals surface area contributed by atoms with E-state index in [1.807, 2.05) is 13.0 Å². The van der Waals surface area contributed by atoms with Crippen molar-refractivity contribution in [2.75, 3.05) is 5.73 Å². The van der Waals surface area contributed by atoms with Crippen molar-refractivity contribution in [3.05, 3.63) is 40.9 Å². The summed E-state index contributed by atoms with van der Waals surface area (Å²) >= 11 is 0. The molecule has 0 spiro atoms. The van der Waals surface area contributed by atoms with Gasteiger partial charge in [-0.3, -0.25) is 4.68 Å². The molecule has 21 heavy (non-hydrogen) atoms. The third-order valence-electron chi connectivity index (χ3n) is 3.62. The van der Waals surface area contributed by atoms with Gasteiger partial charge in [-0.05, 0) is 19.8 Å². The third kappa shape index (κ3) is 2.19. The number of nitrogens with two attached hydrogens (primary N) is 1. The van der Waals surface area contributed by atoms with E-state index in [1.54, 1.807) is 12.4 Å². The van der Waals surface area contributed by atoms with Crippen LogP contribution in [0.4, 0.5) is 11.5 Å². The molecule has 1 aliphatic carbocycles. The van der Waals surface area contributed by atoms with Gasteiger partial charge in [-0.2, -0.15) is 10.4 Å². The average molecular weight is 279 g/mol. The molecule has 2 heterocycles. The molecule has 0 aromatic carbocycles. The quantitative estimate of drug-likeness (QED) is 0.868. The molecule has 2 aromatic heterocycles. The van der Waals surface area contributed by atoms with Gasteiger partial charge in [0.2, 0.25) is 0 Å². The first kappa shape index (κ1) is 13.1. The lowest BCUT2D eigenvalue weighted by Gasteiger charge is -2.14. The topological polar surface area (TPSA) is 97.8 Å². The van der Waals surface area contributed by atoms with Gasteiger partial charge in [-0.15, -0.1) is 0 Å². The van der Waals surface area contributed by atoms with Gasteiger partial charge in [0.1, 0.15) is 17.7 Å². The summed E-state index contributed by atoms with van der Waals surface area (Å²) in [4.78, 5) is 12.0. The molecule has 1 atom stereocenters. The van der Waals surface area contributed by atoms with Crippen molar-refractivity contribution < 1.29 is 0 Å². The van der Waals surface area contributed by atoms with Crippen LogP contribution in [0, 0.1) is 17.9 Å². The Hall–Kier alpha value is -2.93. The van der Waals surface area contributed by atoms with E-state index < -0.39 is 0 Å². The molecule has 0 radical (unpaired) electrons. The minimum absolute atomic E-state index is 0.0462. The van der Waals surface area contributed by atoms with E-state index in [2.05, 4.69) is 19.9 Å². The summed E-state index contributed by atoms with van der Waals surface area (Å²) in [5.74, 6) is 1.57. The highest BCUT2D eigenvalue weighted by Gasteiger charge is 2.27. The summed E-state index contributed by atoms with van der Waals surface area (Å²) in [6.45, 7) is 8.97. The van der Waals surface area contributed by atoms with Crippen LogP contribution in [0.2, 0.25) is 0 Å². The smallest absolute Gasteiger partial charge is 0.264 e. The summed E-state index contributed by atoms with van der Waals surface area (Å²) in [6.07, 6.45) is 5.83. The Kier molecular flexibility index (Phi) is 3.03. The van der Waals surface area contributed by atoms with Crippen molar-refractivity contribution >= 4 is 11.5 Å². The van der Waals surface area contributed by atoms with Gasteiger partial charge < -0.3 is 5.73 Å². The van der Waals surface area contributed by atoms with E-state index in [-0.39, 0.29) is 23.2 Å². The number of nitriles is 1. The van der Waals surface area contributed by atoms with E-state index in [1.165, 1.54) is 4.68 Å². The number of aromatic nitrogens is 4. The molecule has 1 fully saturated rings. The lowest BCUT2D eigenvalue weighted by Crippen LogP contribution is -2.12. The molecule has 3 rings (SSSR count). The summed E-state index contributed by atoms with van der Waals surface area (Å²) in [6, 6.07) is 1.65. The highest BCUT2D eigenvalue weighted by Crippen LogP contribution is 2.38. The van der Waals surface area contributed by atoms with Gasteiger partial charge in [0.25, 0.3) is 5.69 Å². The fraction of sp³-hybridized carbons (Fsp3) is 0.357. The van der Waals surface area contributed by atoms with E-state index >= 15 is 0 Å². The van der Waals surface area contributed by atoms with Crippen molar-refractivity contribution in [3.63, 3.8) is 0 Å². The van der Waals surface area contributed by atoms with Gasteiger partial charge in [0, 0.05) is 23.9 Å². The normalized spacial score (nSPS) is 15.2. The first-order chi connectivity index (χ1) is 10.2. The average Bonchev–Trinajstić information content (AvgIpc) is 3.30. The zero-order valence-corrected chi connectivity index (χ0v) is 11.5. The van der Waals surface area contributed by atoms with Crippen LogP contribution in [0.15, 0.2) is 12.4 Å². The summed E-state index contributed by atoms with van der Waals surface area (Å²) in [5.41, 5.74) is 6.90. The SMILES string of the molecule is [C-]#[N+]c1c(C#N)nn(C(C)c2cnc(C3CC3)nc2)c1N. The predicted molar refractivity (Wildman–Crippen MR) is 75.4 cm³/mol. The maximum Gasteiger partial charge on any atom is 0.264 e. The Labute approximate surface area is 121 Å². The maximum atomic E-state index is 8.99. The van der Waals surface area contributed by atoms with Crippen molar-refractivity contribution in [1.29, 1.82) is 5.26 Å². The Bertz CT molecular complexity index is 756. The van der Waals surface area contributed by atoms with Crippen LogP contribution in [0.25, 0.3) is 4.85 Å². The Morgan fingerprint density at radius 1 is 1.48 bits per heavy atom. The number of nitrogens with zero attached hydrogens (tertiary/aromatic N) is 6. The molecule has 1 saturated carbocycles. The van der Waals surface area contributed by atoms with Crippen LogP contribution in [0.1, 0.15) is 48.8 Å². The van der Waals surface area contributed by atoms with Crippen molar-refractivity contribution in [3.8, 4) is 6.07 Å². The molecule has 0 saturated heterocycles. The maximum absolute atomic E-state index is 8.99. The van der Waals surface area contributed by atoms with Gasteiger partial charge in [0.15, 0.2) is 5.69 Å². The zero-order chi connectivity index (χ0) is 15.0. The Balaban J connectivity index is 1.94. The molecule has 0 bridgehead atoms. The monoisotopic (exact) mass is 279 g/mol. The first-order valence-electron chi connectivity index (χ1n) is 6.63. The van der Waals surface area contributed by atoms with Crippen LogP contribution in [-0.2, 0) is 0 Å². The number of nitrogen functional groups attached to an aromatic ring is 1. The molecule has 2 N–H and O–H groups in total. The molecule has 7 nitrogen and oxygen atoms in total. The largest absolute Gasteiger partial charge is 0.393 e. The van der Waals surface area contributed by atoms with Crippen molar-refractivity contribution in [2.24, 2.45) is 0 Å². The number of anilines is 1. The number of rotatable bonds is 3. The molecule has 2 aromatic rings. The predicted octanol–water partition coefficient (Wildman–Crippen LogP) is 2.16. The molecule has 1 aliphatic rings. The van der Waals surface area contributed by atoms with E-state index in [9.17, 15) is 0 Å². The second-order valence-electron chi connectivity index (χ2n) is 5.08. The first-order valence-corrected chi connectivity index (χ1v) is 6.63. The standard InChI is InChI=1S/C14H13N7/c1-8(10-6-18-14(19-7-10)9-3-4-9)21-13(16)12(17-2)11(5-15)20-21/h6-9H,3-4,16H2,1H3. The second kappa shape index (κ2) is 4.88. The molecule has 7 heteroatoms. The van der Waals surface area contributed by atoms with Gasteiger partial charge in [0.05, 0.1) is 12.6 Å². The van der Waals surface area contributed by atoms with Gasteiger partial charge in [-0.1, -0.05) is 0 Å². The highest BCUT2D eigenvalue weighted by molar-refractivity contribution is 5.70. The summed E-state index contributed by atoms with van der Waals surface area (Å²) in [7, 11) is 0. The van der Waals surface area contributed by atoms with Crippen LogP contribution in [0.3, 0.4) is 0 Å². The second-order valence-corrected chi connectivity index (χ2v) is 5.08. The highest BCUT2D eigenvalue weighted by atomic mass is 15.3. The Morgan fingerprint density at radius 3 is 2.62 bits per heavy atom. The Morgan fingerprint density at radius 2 is 2.14 bits per heavy atom. The van der Waals surface area contributed by atoms with E-state index in [0.717, 1.165) is 24.2 Å². The minimum atomic E-state index is -0.235. The van der Waals surface area contributed by atoms with Crippen LogP contribution in [-0.4, -0.2) is 19.7 Å². The van der Waals surface area contributed by atoms with Gasteiger partial charge >= 0.3 is 0 Å². The number of hydrogen-bond acceptors (Lipinski definition) is 5. The fourth-order valence-corrected chi connectivity index (χ4v) is 2.18. The summed E-state index contributed by atoms with van der Waals surface area (Å²) in [5, 5.41) is 13.1. The molecular weight excluding hydrogens is 266 g/mol. The van der Waals surface area contributed by atoms with Crippen LogP contribution in [0.5, 0.6) is 0 Å². The summed E-state index contributed by atoms with van der Waals surface area (Å²) < 4.78 is 1.47. The lowest BCUT2D eigenvalue weighted by atomic mass is 10.2. The molecule has 1 unspecified atom stereocenters. The lowest BCUT2D eigenvalue weighted by molar-refractivity contribution is 0.566. The number of hydrogen-bond donors (Lipinski definition) is 1. The molecule has 0 amide bonds. The zero-order valence-electron chi connectivity index (χ0n) is 11.5. The minimum Gasteiger partial charge on any atom is -0.393 e. The molecule has 0 aliphatic heterocycles. The third-order valence-corrected chi connectivity index (χ3v) is 3.62. The van der Waals surface area contributed by atoms with E-state index in [0.29, 0.717) is 5.92 Å². The van der Waals surface area contributed by atoms with E-state index in [4.69, 9.17) is 17.6 Å².